The van der Waals surface area contributed by atoms with Gasteiger partial charge in [0.25, 0.3) is 0 Å². The third-order valence-corrected chi connectivity index (χ3v) is 7.00. The molecule has 1 amide bonds. The van der Waals surface area contributed by atoms with Crippen LogP contribution in [-0.2, 0) is 21.2 Å². The molecule has 0 saturated heterocycles. The first-order chi connectivity index (χ1) is 11.4. The lowest BCUT2D eigenvalue weighted by Crippen LogP contribution is -2.43. The Labute approximate surface area is 139 Å². The van der Waals surface area contributed by atoms with Gasteiger partial charge in [-0.2, -0.15) is 0 Å². The van der Waals surface area contributed by atoms with E-state index in [2.05, 4.69) is 10.3 Å². The van der Waals surface area contributed by atoms with Gasteiger partial charge < -0.3 is 5.32 Å². The minimum atomic E-state index is -3.90. The second-order valence-corrected chi connectivity index (χ2v) is 8.16. The fourth-order valence-corrected chi connectivity index (χ4v) is 5.09. The lowest BCUT2D eigenvalue weighted by Gasteiger charge is -2.17. The van der Waals surface area contributed by atoms with Crippen LogP contribution in [-0.4, -0.2) is 24.1 Å². The third kappa shape index (κ3) is 2.69. The minimum Gasteiger partial charge on any atom is -0.349 e. The average molecular weight is 348 g/mol. The first-order valence-electron chi connectivity index (χ1n) is 7.56. The minimum absolute atomic E-state index is 0.0405. The van der Waals surface area contributed by atoms with Gasteiger partial charge in [0.05, 0.1) is 17.1 Å². The third-order valence-electron chi connectivity index (χ3n) is 4.39. The van der Waals surface area contributed by atoms with Crippen LogP contribution < -0.4 is 5.32 Å². The molecule has 1 fully saturated rings. The summed E-state index contributed by atoms with van der Waals surface area (Å²) in [5, 5.41) is 2.66. The SMILES string of the molecule is CC1CC1(C(=O)NCc1ccccn1)S(=O)(=O)c1ccc(F)cc1. The topological polar surface area (TPSA) is 76.1 Å². The van der Waals surface area contributed by atoms with Gasteiger partial charge in [0.2, 0.25) is 5.91 Å². The number of aromatic nitrogens is 1. The second-order valence-electron chi connectivity index (χ2n) is 5.96. The molecule has 1 aliphatic rings. The molecule has 0 aliphatic heterocycles. The predicted octanol–water partition coefficient (Wildman–Crippen LogP) is 2.09. The summed E-state index contributed by atoms with van der Waals surface area (Å²) in [6.45, 7) is 1.88. The van der Waals surface area contributed by atoms with Gasteiger partial charge in [-0.25, -0.2) is 12.8 Å². The summed E-state index contributed by atoms with van der Waals surface area (Å²) in [6, 6.07) is 9.86. The van der Waals surface area contributed by atoms with Gasteiger partial charge in [0, 0.05) is 6.20 Å². The average Bonchev–Trinajstić information content (AvgIpc) is 3.27. The Hall–Kier alpha value is -2.28. The summed E-state index contributed by atoms with van der Waals surface area (Å²) < 4.78 is 37.3. The van der Waals surface area contributed by atoms with E-state index in [9.17, 15) is 17.6 Å². The summed E-state index contributed by atoms with van der Waals surface area (Å²) in [4.78, 5) is 16.7. The number of nitrogens with zero attached hydrogens (tertiary/aromatic N) is 1. The zero-order valence-corrected chi connectivity index (χ0v) is 13.9. The van der Waals surface area contributed by atoms with E-state index in [1.165, 1.54) is 12.1 Å². The molecule has 5 nitrogen and oxygen atoms in total. The molecule has 7 heteroatoms. The number of pyridine rings is 1. The van der Waals surface area contributed by atoms with Gasteiger partial charge in [-0.1, -0.05) is 13.0 Å². The Kier molecular flexibility index (Phi) is 4.13. The molecule has 1 N–H and O–H groups in total. The molecule has 24 heavy (non-hydrogen) atoms. The number of rotatable bonds is 5. The van der Waals surface area contributed by atoms with Crippen LogP contribution in [0.4, 0.5) is 4.39 Å². The Morgan fingerprint density at radius 3 is 2.50 bits per heavy atom. The number of benzene rings is 1. The molecule has 3 rings (SSSR count). The smallest absolute Gasteiger partial charge is 0.242 e. The Morgan fingerprint density at radius 2 is 1.96 bits per heavy atom. The van der Waals surface area contributed by atoms with Crippen LogP contribution in [0.1, 0.15) is 19.0 Å². The van der Waals surface area contributed by atoms with Crippen LogP contribution in [0.3, 0.4) is 0 Å². The van der Waals surface area contributed by atoms with Crippen molar-refractivity contribution in [2.24, 2.45) is 5.92 Å². The summed E-state index contributed by atoms with van der Waals surface area (Å²) in [6.07, 6.45) is 1.85. The van der Waals surface area contributed by atoms with Crippen molar-refractivity contribution in [1.82, 2.24) is 10.3 Å². The van der Waals surface area contributed by atoms with Crippen LogP contribution in [0.5, 0.6) is 0 Å². The van der Waals surface area contributed by atoms with Crippen molar-refractivity contribution in [3.05, 3.63) is 60.2 Å². The van der Waals surface area contributed by atoms with Gasteiger partial charge in [-0.15, -0.1) is 0 Å². The highest BCUT2D eigenvalue weighted by molar-refractivity contribution is 7.94. The first-order valence-corrected chi connectivity index (χ1v) is 9.04. The number of amides is 1. The molecule has 1 aliphatic carbocycles. The molecule has 2 unspecified atom stereocenters. The molecule has 126 valence electrons. The highest BCUT2D eigenvalue weighted by Crippen LogP contribution is 2.52. The number of carbonyl (C=O) groups is 1. The van der Waals surface area contributed by atoms with E-state index < -0.39 is 26.3 Å². The van der Waals surface area contributed by atoms with Gasteiger partial charge >= 0.3 is 0 Å². The first kappa shape index (κ1) is 16.6. The maximum atomic E-state index is 13.0. The number of halogens is 1. The van der Waals surface area contributed by atoms with Crippen molar-refractivity contribution in [3.8, 4) is 0 Å². The van der Waals surface area contributed by atoms with Crippen LogP contribution in [0.2, 0.25) is 0 Å². The fourth-order valence-electron chi connectivity index (χ4n) is 2.86. The van der Waals surface area contributed by atoms with Crippen molar-refractivity contribution in [2.75, 3.05) is 0 Å². The van der Waals surface area contributed by atoms with E-state index in [0.717, 1.165) is 12.1 Å². The zero-order valence-electron chi connectivity index (χ0n) is 13.1. The molecular weight excluding hydrogens is 331 g/mol. The van der Waals surface area contributed by atoms with E-state index in [1.807, 2.05) is 0 Å². The standard InChI is InChI=1S/C17H17FN2O3S/c1-12-10-17(12,16(21)20-11-14-4-2-3-9-19-14)24(22,23)15-7-5-13(18)6-8-15/h2-9,12H,10-11H2,1H3,(H,20,21). The molecule has 1 saturated carbocycles. The van der Waals surface area contributed by atoms with Crippen molar-refractivity contribution >= 4 is 15.7 Å². The molecule has 0 radical (unpaired) electrons. The molecule has 1 aromatic heterocycles. The van der Waals surface area contributed by atoms with Crippen LogP contribution in [0.25, 0.3) is 0 Å². The van der Waals surface area contributed by atoms with Gasteiger partial charge in [0.15, 0.2) is 14.6 Å². The highest BCUT2D eigenvalue weighted by atomic mass is 32.2. The number of nitrogens with one attached hydrogen (secondary N) is 1. The highest BCUT2D eigenvalue weighted by Gasteiger charge is 2.67. The van der Waals surface area contributed by atoms with E-state index in [-0.39, 0.29) is 23.8 Å². The van der Waals surface area contributed by atoms with Crippen molar-refractivity contribution in [1.29, 1.82) is 0 Å². The maximum absolute atomic E-state index is 13.0. The number of hydrogen-bond donors (Lipinski definition) is 1. The number of carbonyl (C=O) groups excluding carboxylic acids is 1. The maximum Gasteiger partial charge on any atom is 0.242 e. The molecule has 2 aromatic rings. The molecule has 0 spiro atoms. The Bertz CT molecular complexity index is 853. The van der Waals surface area contributed by atoms with Crippen LogP contribution in [0.15, 0.2) is 53.6 Å². The Balaban J connectivity index is 1.83. The molecule has 1 heterocycles. The van der Waals surface area contributed by atoms with E-state index in [4.69, 9.17) is 0 Å². The monoisotopic (exact) mass is 348 g/mol. The molecule has 0 bridgehead atoms. The van der Waals surface area contributed by atoms with Gasteiger partial charge in [-0.3, -0.25) is 9.78 Å². The molecule has 2 atom stereocenters. The van der Waals surface area contributed by atoms with E-state index >= 15 is 0 Å². The fraction of sp³-hybridized carbons (Fsp3) is 0.294. The Morgan fingerprint density at radius 1 is 1.29 bits per heavy atom. The summed E-state index contributed by atoms with van der Waals surface area (Å²) in [5.74, 6) is -1.35. The summed E-state index contributed by atoms with van der Waals surface area (Å²) in [5.41, 5.74) is 0.647. The van der Waals surface area contributed by atoms with Crippen LogP contribution in [0, 0.1) is 11.7 Å². The molecule has 1 aromatic carbocycles. The largest absolute Gasteiger partial charge is 0.349 e. The number of hydrogen-bond acceptors (Lipinski definition) is 4. The predicted molar refractivity (Wildman–Crippen MR) is 86.2 cm³/mol. The van der Waals surface area contributed by atoms with Crippen LogP contribution >= 0.6 is 0 Å². The summed E-state index contributed by atoms with van der Waals surface area (Å²) in [7, 11) is -3.90. The quantitative estimate of drug-likeness (QED) is 0.840. The van der Waals surface area contributed by atoms with Gasteiger partial charge in [-0.05, 0) is 48.7 Å². The van der Waals surface area contributed by atoms with E-state index in [0.29, 0.717) is 5.69 Å². The normalized spacial score (nSPS) is 22.8. The van der Waals surface area contributed by atoms with Crippen molar-refractivity contribution < 1.29 is 17.6 Å². The lowest BCUT2D eigenvalue weighted by molar-refractivity contribution is -0.121. The van der Waals surface area contributed by atoms with Crippen molar-refractivity contribution in [2.45, 2.75) is 29.5 Å². The van der Waals surface area contributed by atoms with Crippen molar-refractivity contribution in [3.63, 3.8) is 0 Å². The second kappa shape index (κ2) is 5.98. The lowest BCUT2D eigenvalue weighted by atomic mass is 10.3. The van der Waals surface area contributed by atoms with Gasteiger partial charge in [0.1, 0.15) is 5.82 Å². The molecular formula is C17H17FN2O3S. The summed E-state index contributed by atoms with van der Waals surface area (Å²) >= 11 is 0. The van der Waals surface area contributed by atoms with E-state index in [1.54, 1.807) is 31.3 Å². The number of sulfone groups is 1. The zero-order chi connectivity index (χ0) is 17.4.